The van der Waals surface area contributed by atoms with Crippen molar-refractivity contribution in [1.82, 2.24) is 9.80 Å². The lowest BCUT2D eigenvalue weighted by Gasteiger charge is -2.40. The van der Waals surface area contributed by atoms with E-state index in [1.807, 2.05) is 36.4 Å². The summed E-state index contributed by atoms with van der Waals surface area (Å²) in [5.74, 6) is 0.669. The van der Waals surface area contributed by atoms with Gasteiger partial charge in [0.05, 0.1) is 49.4 Å². The van der Waals surface area contributed by atoms with Gasteiger partial charge in [-0.25, -0.2) is 0 Å². The average Bonchev–Trinajstić information content (AvgIpc) is 3.49. The van der Waals surface area contributed by atoms with Crippen LogP contribution in [0.5, 0.6) is 17.2 Å². The van der Waals surface area contributed by atoms with Crippen molar-refractivity contribution < 1.29 is 28.5 Å². The Morgan fingerprint density at radius 2 is 1.60 bits per heavy atom. The van der Waals surface area contributed by atoms with Gasteiger partial charge in [-0.1, -0.05) is 59.6 Å². The number of hydrogen-bond donors (Lipinski definition) is 1. The van der Waals surface area contributed by atoms with Crippen LogP contribution < -0.4 is 19.9 Å². The molecule has 2 amide bonds. The Morgan fingerprint density at radius 1 is 0.933 bits per heavy atom. The first-order chi connectivity index (χ1) is 21.7. The lowest BCUT2D eigenvalue weighted by molar-refractivity contribution is -0.125. The van der Waals surface area contributed by atoms with Gasteiger partial charge in [0.25, 0.3) is 5.91 Å². The molecule has 3 aromatic rings. The molecule has 3 aromatic carbocycles. The van der Waals surface area contributed by atoms with Crippen molar-refractivity contribution in [3.8, 4) is 17.2 Å². The maximum Gasteiger partial charge on any atom is 0.256 e. The molecular formula is C34H39Cl2N3O6. The molecule has 11 heteroatoms. The Hall–Kier alpha value is -3.50. The standard InChI is InChI=1S/C34H39Cl2N3O6/c1-42-28-19-23(20-29(43-2)30(28)44-3)31(40)39-21-25(45-32(39)22-11-12-26(35)27(36)18-22)10-7-15-38-16-13-34(14-17-38,33(37)41)24-8-5-4-6-9-24/h4-6,8-9,11-12,18-20,25,32H,7,10,13-17,21H2,1-3H3,(H2,37,41). The van der Waals surface area contributed by atoms with E-state index < -0.39 is 11.6 Å². The number of carbonyl (C=O) groups excluding carboxylic acids is 2. The molecule has 2 fully saturated rings. The molecule has 9 nitrogen and oxygen atoms in total. The predicted octanol–water partition coefficient (Wildman–Crippen LogP) is 5.86. The van der Waals surface area contributed by atoms with E-state index in [-0.39, 0.29) is 17.9 Å². The van der Waals surface area contributed by atoms with Crippen molar-refractivity contribution in [2.24, 2.45) is 5.73 Å². The Labute approximate surface area is 274 Å². The van der Waals surface area contributed by atoms with Gasteiger partial charge in [0, 0.05) is 11.1 Å². The van der Waals surface area contributed by atoms with E-state index in [4.69, 9.17) is 47.9 Å². The number of rotatable bonds is 11. The van der Waals surface area contributed by atoms with E-state index in [1.54, 1.807) is 29.2 Å². The summed E-state index contributed by atoms with van der Waals surface area (Å²) in [6.45, 7) is 2.79. The molecule has 2 N–H and O–H groups in total. The summed E-state index contributed by atoms with van der Waals surface area (Å²) in [5, 5.41) is 0.806. The van der Waals surface area contributed by atoms with Gasteiger partial charge in [-0.15, -0.1) is 0 Å². The second kappa shape index (κ2) is 14.3. The molecule has 2 atom stereocenters. The lowest BCUT2D eigenvalue weighted by atomic mass is 9.72. The molecule has 0 aromatic heterocycles. The predicted molar refractivity (Wildman–Crippen MR) is 173 cm³/mol. The van der Waals surface area contributed by atoms with Crippen LogP contribution in [0.2, 0.25) is 10.0 Å². The number of methoxy groups -OCH3 is 3. The van der Waals surface area contributed by atoms with Crippen molar-refractivity contribution in [3.63, 3.8) is 0 Å². The topological polar surface area (TPSA) is 104 Å². The second-order valence-corrected chi connectivity index (χ2v) is 12.3. The van der Waals surface area contributed by atoms with Gasteiger partial charge < -0.3 is 34.5 Å². The Balaban J connectivity index is 1.28. The number of ether oxygens (including phenoxy) is 4. The maximum absolute atomic E-state index is 14.0. The van der Waals surface area contributed by atoms with E-state index >= 15 is 0 Å². The highest BCUT2D eigenvalue weighted by Crippen LogP contribution is 2.41. The SMILES string of the molecule is COc1cc(C(=O)N2CC(CCCN3CCC(C(N)=O)(c4ccccc4)CC3)OC2c2ccc(Cl)c(Cl)c2)cc(OC)c1OC. The van der Waals surface area contributed by atoms with Gasteiger partial charge in [0.1, 0.15) is 0 Å². The average molecular weight is 657 g/mol. The van der Waals surface area contributed by atoms with Gasteiger partial charge in [0.15, 0.2) is 17.7 Å². The number of carbonyl (C=O) groups is 2. The molecule has 2 aliphatic heterocycles. The van der Waals surface area contributed by atoms with Crippen LogP contribution in [0.15, 0.2) is 60.7 Å². The van der Waals surface area contributed by atoms with Crippen LogP contribution in [0.25, 0.3) is 0 Å². The monoisotopic (exact) mass is 655 g/mol. The highest BCUT2D eigenvalue weighted by molar-refractivity contribution is 6.42. The lowest BCUT2D eigenvalue weighted by Crippen LogP contribution is -2.50. The van der Waals surface area contributed by atoms with Crippen LogP contribution in [0.1, 0.15) is 53.4 Å². The van der Waals surface area contributed by atoms with Crippen LogP contribution in [-0.4, -0.2) is 75.2 Å². The summed E-state index contributed by atoms with van der Waals surface area (Å²) >= 11 is 12.6. The van der Waals surface area contributed by atoms with E-state index in [0.29, 0.717) is 52.2 Å². The Morgan fingerprint density at radius 3 is 2.18 bits per heavy atom. The minimum Gasteiger partial charge on any atom is -0.493 e. The molecule has 0 saturated carbocycles. The number of hydrogen-bond acceptors (Lipinski definition) is 7. The number of benzene rings is 3. The van der Waals surface area contributed by atoms with Gasteiger partial charge >= 0.3 is 0 Å². The summed E-state index contributed by atoms with van der Waals surface area (Å²) in [6.07, 6.45) is 2.11. The molecule has 5 rings (SSSR count). The van der Waals surface area contributed by atoms with Gasteiger partial charge in [0.2, 0.25) is 11.7 Å². The molecule has 45 heavy (non-hydrogen) atoms. The first kappa shape index (κ1) is 32.9. The minimum absolute atomic E-state index is 0.200. The molecule has 240 valence electrons. The number of amides is 2. The maximum atomic E-state index is 14.0. The molecular weight excluding hydrogens is 617 g/mol. The van der Waals surface area contributed by atoms with E-state index in [2.05, 4.69) is 4.90 Å². The first-order valence-corrected chi connectivity index (χ1v) is 15.8. The van der Waals surface area contributed by atoms with Crippen molar-refractivity contribution in [2.75, 3.05) is 47.5 Å². The third kappa shape index (κ3) is 6.87. The summed E-state index contributed by atoms with van der Waals surface area (Å²) in [5.41, 5.74) is 7.39. The fraction of sp³-hybridized carbons (Fsp3) is 0.412. The summed E-state index contributed by atoms with van der Waals surface area (Å²) in [6, 6.07) is 18.4. The minimum atomic E-state index is -0.659. The van der Waals surface area contributed by atoms with Gasteiger partial charge in [-0.05, 0) is 75.1 Å². The summed E-state index contributed by atoms with van der Waals surface area (Å²) in [7, 11) is 4.54. The van der Waals surface area contributed by atoms with Gasteiger partial charge in [-0.2, -0.15) is 0 Å². The van der Waals surface area contributed by atoms with Gasteiger partial charge in [-0.3, -0.25) is 9.59 Å². The summed E-state index contributed by atoms with van der Waals surface area (Å²) < 4.78 is 22.9. The largest absolute Gasteiger partial charge is 0.493 e. The molecule has 0 spiro atoms. The molecule has 0 bridgehead atoms. The number of primary amides is 1. The normalized spacial score (nSPS) is 19.7. The van der Waals surface area contributed by atoms with Crippen molar-refractivity contribution in [2.45, 2.75) is 43.4 Å². The van der Waals surface area contributed by atoms with E-state index in [9.17, 15) is 9.59 Å². The van der Waals surface area contributed by atoms with Crippen molar-refractivity contribution >= 4 is 35.0 Å². The smallest absolute Gasteiger partial charge is 0.256 e. The Kier molecular flexibility index (Phi) is 10.4. The van der Waals surface area contributed by atoms with Crippen molar-refractivity contribution in [1.29, 1.82) is 0 Å². The second-order valence-electron chi connectivity index (χ2n) is 11.5. The van der Waals surface area contributed by atoms with Crippen LogP contribution in [0, 0.1) is 0 Å². The fourth-order valence-corrected chi connectivity index (χ4v) is 6.70. The zero-order valence-electron chi connectivity index (χ0n) is 25.8. The molecule has 2 unspecified atom stereocenters. The van der Waals surface area contributed by atoms with Crippen LogP contribution in [0.3, 0.4) is 0 Å². The zero-order valence-corrected chi connectivity index (χ0v) is 27.3. The fourth-order valence-electron chi connectivity index (χ4n) is 6.39. The van der Waals surface area contributed by atoms with Crippen molar-refractivity contribution in [3.05, 3.63) is 87.4 Å². The number of nitrogens with two attached hydrogens (primary N) is 1. The number of halogens is 2. The number of piperidine rings is 1. The first-order valence-electron chi connectivity index (χ1n) is 15.0. The third-order valence-corrected chi connectivity index (χ3v) is 9.65. The number of likely N-dealkylation sites (tertiary alicyclic amines) is 1. The molecule has 2 saturated heterocycles. The van der Waals surface area contributed by atoms with E-state index in [1.165, 1.54) is 21.3 Å². The third-order valence-electron chi connectivity index (χ3n) is 8.91. The van der Waals surface area contributed by atoms with E-state index in [0.717, 1.165) is 43.6 Å². The molecule has 0 radical (unpaired) electrons. The van der Waals surface area contributed by atoms with Crippen LogP contribution >= 0.6 is 23.2 Å². The Bertz CT molecular complexity index is 1490. The zero-order chi connectivity index (χ0) is 32.1. The summed E-state index contributed by atoms with van der Waals surface area (Å²) in [4.78, 5) is 30.6. The highest BCUT2D eigenvalue weighted by Gasteiger charge is 2.42. The molecule has 2 heterocycles. The quantitative estimate of drug-likeness (QED) is 0.276. The van der Waals surface area contributed by atoms with Crippen LogP contribution in [0.4, 0.5) is 0 Å². The van der Waals surface area contributed by atoms with Crippen LogP contribution in [-0.2, 0) is 14.9 Å². The number of nitrogens with zero attached hydrogens (tertiary/aromatic N) is 2. The molecule has 2 aliphatic rings. The highest BCUT2D eigenvalue weighted by atomic mass is 35.5. The molecule has 0 aliphatic carbocycles.